The Labute approximate surface area is 213 Å². The number of anilines is 1. The molecule has 1 fully saturated rings. The molecule has 0 bridgehead atoms. The van der Waals surface area contributed by atoms with Crippen molar-refractivity contribution in [2.75, 3.05) is 5.32 Å². The van der Waals surface area contributed by atoms with Crippen LogP contribution in [-0.4, -0.2) is 36.3 Å². The first-order valence-corrected chi connectivity index (χ1v) is 12.4. The van der Waals surface area contributed by atoms with E-state index in [0.29, 0.717) is 23.6 Å². The van der Waals surface area contributed by atoms with E-state index in [4.69, 9.17) is 0 Å². The minimum absolute atomic E-state index is 0.0360. The third-order valence-electron chi connectivity index (χ3n) is 7.55. The number of fused-ring (bicyclic) bond motifs is 1. The number of nitrogens with one attached hydrogen (secondary N) is 1. The number of halogens is 1. The molecule has 2 heterocycles. The van der Waals surface area contributed by atoms with Crippen LogP contribution in [0.25, 0.3) is 22.5 Å². The molecule has 3 atom stereocenters. The summed E-state index contributed by atoms with van der Waals surface area (Å²) in [6.07, 6.45) is 3.91. The highest BCUT2D eigenvalue weighted by Gasteiger charge is 2.44. The number of hydrogen-bond acceptors (Lipinski definition) is 6. The lowest BCUT2D eigenvalue weighted by Gasteiger charge is -2.19. The second kappa shape index (κ2) is 8.76. The van der Waals surface area contributed by atoms with E-state index in [-0.39, 0.29) is 23.7 Å². The first kappa shape index (κ1) is 23.3. The maximum atomic E-state index is 15.2. The van der Waals surface area contributed by atoms with E-state index >= 15 is 4.39 Å². The number of carboxylic acid groups (broad SMARTS) is 1. The molecular formula is C28H27FN6O2. The van der Waals surface area contributed by atoms with Crippen molar-refractivity contribution >= 4 is 11.8 Å². The molecule has 0 radical (unpaired) electrons. The molecule has 2 aromatic heterocycles. The number of tetrazole rings is 1. The highest BCUT2D eigenvalue weighted by Crippen LogP contribution is 2.48. The van der Waals surface area contributed by atoms with Crippen LogP contribution >= 0.6 is 0 Å². The highest BCUT2D eigenvalue weighted by molar-refractivity contribution is 5.79. The lowest BCUT2D eigenvalue weighted by Crippen LogP contribution is -2.10. The Bertz CT molecular complexity index is 1510. The van der Waals surface area contributed by atoms with Crippen LogP contribution in [0.15, 0.2) is 42.6 Å². The minimum atomic E-state index is -0.758. The van der Waals surface area contributed by atoms with Gasteiger partial charge in [0.2, 0.25) is 5.82 Å². The predicted molar refractivity (Wildman–Crippen MR) is 137 cm³/mol. The van der Waals surface area contributed by atoms with Gasteiger partial charge in [0, 0.05) is 17.3 Å². The van der Waals surface area contributed by atoms with E-state index < -0.39 is 5.97 Å². The molecule has 2 aliphatic carbocycles. The lowest BCUT2D eigenvalue weighted by molar-refractivity contribution is -0.138. The van der Waals surface area contributed by atoms with Gasteiger partial charge in [-0.15, -0.1) is 10.2 Å². The van der Waals surface area contributed by atoms with Gasteiger partial charge in [0.25, 0.3) is 0 Å². The van der Waals surface area contributed by atoms with Crippen LogP contribution < -0.4 is 5.32 Å². The number of pyridine rings is 1. The topological polar surface area (TPSA) is 106 Å². The summed E-state index contributed by atoms with van der Waals surface area (Å²) in [6.45, 7) is 4.12. The molecule has 2 N–H and O–H groups in total. The first-order valence-electron chi connectivity index (χ1n) is 12.4. The molecule has 2 aliphatic rings. The van der Waals surface area contributed by atoms with E-state index in [2.05, 4.69) is 51.7 Å². The summed E-state index contributed by atoms with van der Waals surface area (Å²) in [7, 11) is 1.74. The zero-order valence-corrected chi connectivity index (χ0v) is 20.9. The van der Waals surface area contributed by atoms with E-state index in [1.807, 2.05) is 18.2 Å². The van der Waals surface area contributed by atoms with Gasteiger partial charge < -0.3 is 10.4 Å². The molecule has 6 rings (SSSR count). The normalized spacial score (nSPS) is 20.1. The maximum absolute atomic E-state index is 15.2. The van der Waals surface area contributed by atoms with Crippen molar-refractivity contribution in [2.24, 2.45) is 13.0 Å². The van der Waals surface area contributed by atoms with Crippen LogP contribution in [0.5, 0.6) is 0 Å². The number of benzene rings is 2. The van der Waals surface area contributed by atoms with Crippen molar-refractivity contribution in [3.05, 3.63) is 76.2 Å². The maximum Gasteiger partial charge on any atom is 0.307 e. The van der Waals surface area contributed by atoms with Crippen molar-refractivity contribution in [1.82, 2.24) is 25.2 Å². The molecule has 9 heteroatoms. The van der Waals surface area contributed by atoms with E-state index in [9.17, 15) is 9.90 Å². The van der Waals surface area contributed by atoms with Crippen LogP contribution in [0.3, 0.4) is 0 Å². The summed E-state index contributed by atoms with van der Waals surface area (Å²) >= 11 is 0. The molecule has 0 aliphatic heterocycles. The lowest BCUT2D eigenvalue weighted by atomic mass is 9.89. The second-order valence-electron chi connectivity index (χ2n) is 10.1. The quantitative estimate of drug-likeness (QED) is 0.386. The van der Waals surface area contributed by atoms with Crippen LogP contribution in [0.1, 0.15) is 52.6 Å². The van der Waals surface area contributed by atoms with Gasteiger partial charge in [0.1, 0.15) is 11.6 Å². The number of rotatable bonds is 6. The van der Waals surface area contributed by atoms with Crippen molar-refractivity contribution in [2.45, 2.75) is 45.1 Å². The number of carboxylic acids is 1. The fraction of sp³-hybridized carbons (Fsp3) is 0.321. The monoisotopic (exact) mass is 498 g/mol. The van der Waals surface area contributed by atoms with Crippen LogP contribution in [0, 0.1) is 25.6 Å². The Morgan fingerprint density at radius 3 is 2.57 bits per heavy atom. The summed E-state index contributed by atoms with van der Waals surface area (Å²) in [6, 6.07) is 11.1. The smallest absolute Gasteiger partial charge is 0.307 e. The summed E-state index contributed by atoms with van der Waals surface area (Å²) in [4.78, 5) is 17.1. The minimum Gasteiger partial charge on any atom is -0.481 e. The summed E-state index contributed by atoms with van der Waals surface area (Å²) in [5.41, 5.74) is 7.85. The third-order valence-corrected chi connectivity index (χ3v) is 7.55. The zero-order valence-electron chi connectivity index (χ0n) is 20.9. The molecule has 37 heavy (non-hydrogen) atoms. The standard InChI is InChI=1S/C28H27FN6O2/c1-14-10-17(27-32-34-35(3)33-27)11-15(2)25(14)18-5-7-22(29)26-19(18)6-8-23(26)31-24-9-4-16(13-30-24)20-12-21(20)28(36)37/h4-5,7,9-11,13,20-21,23H,6,8,12H2,1-3H3,(H,30,31)(H,36,37)/t20-,21+,23-/m1/s1. The second-order valence-corrected chi connectivity index (χ2v) is 10.1. The van der Waals surface area contributed by atoms with Gasteiger partial charge in [-0.1, -0.05) is 12.1 Å². The zero-order chi connectivity index (χ0) is 25.8. The fourth-order valence-electron chi connectivity index (χ4n) is 5.74. The summed E-state index contributed by atoms with van der Waals surface area (Å²) in [5.74, 6) is -0.0175. The van der Waals surface area contributed by atoms with E-state index in [0.717, 1.165) is 51.8 Å². The summed E-state index contributed by atoms with van der Waals surface area (Å²) in [5, 5.41) is 25.0. The Morgan fingerprint density at radius 1 is 1.16 bits per heavy atom. The number of nitrogens with zero attached hydrogens (tertiary/aromatic N) is 5. The van der Waals surface area contributed by atoms with Crippen molar-refractivity contribution in [1.29, 1.82) is 0 Å². The van der Waals surface area contributed by atoms with Gasteiger partial charge in [0.05, 0.1) is 19.0 Å². The van der Waals surface area contributed by atoms with E-state index in [1.54, 1.807) is 19.3 Å². The van der Waals surface area contributed by atoms with Crippen LogP contribution in [0.2, 0.25) is 0 Å². The van der Waals surface area contributed by atoms with Crippen LogP contribution in [0.4, 0.5) is 10.2 Å². The molecule has 0 unspecified atom stereocenters. The van der Waals surface area contributed by atoms with Gasteiger partial charge >= 0.3 is 5.97 Å². The number of carbonyl (C=O) groups is 1. The van der Waals surface area contributed by atoms with Gasteiger partial charge in [-0.3, -0.25) is 4.79 Å². The van der Waals surface area contributed by atoms with Crippen LogP contribution in [-0.2, 0) is 18.3 Å². The van der Waals surface area contributed by atoms with Gasteiger partial charge in [-0.05, 0) is 102 Å². The molecular weight excluding hydrogens is 471 g/mol. The number of aryl methyl sites for hydroxylation is 3. The highest BCUT2D eigenvalue weighted by atomic mass is 19.1. The Hall–Kier alpha value is -4.14. The Kier molecular flexibility index (Phi) is 5.51. The molecule has 0 amide bonds. The van der Waals surface area contributed by atoms with Crippen molar-refractivity contribution in [3.8, 4) is 22.5 Å². The van der Waals surface area contributed by atoms with Gasteiger partial charge in [-0.25, -0.2) is 9.37 Å². The molecule has 2 aromatic carbocycles. The number of hydrogen-bond donors (Lipinski definition) is 2. The SMILES string of the molecule is Cc1cc(-c2nnn(C)n2)cc(C)c1-c1ccc(F)c2c1CC[C@H]2Nc1ccc([C@H]2C[C@@H]2C(=O)O)cn1. The van der Waals surface area contributed by atoms with Gasteiger partial charge in [0.15, 0.2) is 0 Å². The molecule has 4 aromatic rings. The Morgan fingerprint density at radius 2 is 1.95 bits per heavy atom. The van der Waals surface area contributed by atoms with Crippen molar-refractivity contribution < 1.29 is 14.3 Å². The first-order chi connectivity index (χ1) is 17.8. The third kappa shape index (κ3) is 4.14. The van der Waals surface area contributed by atoms with E-state index in [1.165, 1.54) is 4.80 Å². The largest absolute Gasteiger partial charge is 0.481 e. The molecule has 0 saturated heterocycles. The predicted octanol–water partition coefficient (Wildman–Crippen LogP) is 4.98. The molecule has 8 nitrogen and oxygen atoms in total. The molecule has 188 valence electrons. The summed E-state index contributed by atoms with van der Waals surface area (Å²) < 4.78 is 15.2. The Balaban J connectivity index is 1.29. The average molecular weight is 499 g/mol. The van der Waals surface area contributed by atoms with Crippen molar-refractivity contribution in [3.63, 3.8) is 0 Å². The fourth-order valence-corrected chi connectivity index (χ4v) is 5.74. The molecule has 1 saturated carbocycles. The van der Waals surface area contributed by atoms with Gasteiger partial charge in [-0.2, -0.15) is 4.80 Å². The number of aliphatic carboxylic acids is 1. The molecule has 0 spiro atoms. The average Bonchev–Trinajstić information content (AvgIpc) is 3.38. The number of aromatic nitrogens is 5.